The summed E-state index contributed by atoms with van der Waals surface area (Å²) in [4.78, 5) is 16.0. The summed E-state index contributed by atoms with van der Waals surface area (Å²) in [5.74, 6) is 0.470. The lowest BCUT2D eigenvalue weighted by Crippen LogP contribution is -2.13. The molecule has 1 N–H and O–H groups in total. The summed E-state index contributed by atoms with van der Waals surface area (Å²) in [7, 11) is 0. The first-order valence-corrected chi connectivity index (χ1v) is 7.12. The average Bonchev–Trinajstić information content (AvgIpc) is 2.45. The molecule has 0 radical (unpaired) electrons. The van der Waals surface area contributed by atoms with E-state index >= 15 is 0 Å². The number of anilines is 1. The molecule has 0 unspecified atom stereocenters. The second-order valence-corrected chi connectivity index (χ2v) is 5.13. The number of nitrogens with zero attached hydrogens (tertiary/aromatic N) is 1. The topological polar surface area (TPSA) is 51.2 Å². The first-order valence-electron chi connectivity index (χ1n) is 6.37. The first-order chi connectivity index (χ1) is 10.0. The molecule has 0 saturated heterocycles. The number of rotatable bonds is 4. The Labute approximate surface area is 133 Å². The van der Waals surface area contributed by atoms with Crippen LogP contribution in [0.4, 0.5) is 5.69 Å². The molecule has 4 nitrogen and oxygen atoms in total. The Morgan fingerprint density at radius 2 is 2.10 bits per heavy atom. The lowest BCUT2D eigenvalue weighted by molar-refractivity contribution is 0.102. The van der Waals surface area contributed by atoms with Crippen LogP contribution in [0.15, 0.2) is 30.5 Å². The van der Waals surface area contributed by atoms with Crippen LogP contribution >= 0.6 is 23.2 Å². The molecular weight excluding hydrogens is 311 g/mol. The van der Waals surface area contributed by atoms with E-state index in [2.05, 4.69) is 10.3 Å². The molecule has 2 rings (SSSR count). The molecule has 1 heterocycles. The lowest BCUT2D eigenvalue weighted by atomic mass is 10.1. The van der Waals surface area contributed by atoms with Crippen molar-refractivity contribution in [2.75, 3.05) is 11.9 Å². The predicted octanol–water partition coefficient (Wildman–Crippen LogP) is 4.35. The zero-order chi connectivity index (χ0) is 15.4. The van der Waals surface area contributed by atoms with Crippen molar-refractivity contribution in [3.05, 3.63) is 51.8 Å². The molecule has 21 heavy (non-hydrogen) atoms. The normalized spacial score (nSPS) is 10.3. The van der Waals surface area contributed by atoms with Crippen LogP contribution in [0.2, 0.25) is 10.2 Å². The monoisotopic (exact) mass is 324 g/mol. The minimum absolute atomic E-state index is 0.172. The number of carbonyl (C=O) groups is 1. The maximum Gasteiger partial charge on any atom is 0.257 e. The highest BCUT2D eigenvalue weighted by Crippen LogP contribution is 2.23. The van der Waals surface area contributed by atoms with Crippen molar-refractivity contribution in [3.8, 4) is 5.75 Å². The van der Waals surface area contributed by atoms with E-state index in [1.807, 2.05) is 19.9 Å². The molecule has 2 aromatic rings. The Bertz CT molecular complexity index is 675. The van der Waals surface area contributed by atoms with Crippen molar-refractivity contribution in [1.82, 2.24) is 4.98 Å². The first kappa shape index (κ1) is 15.6. The maximum atomic E-state index is 12.2. The fourth-order valence-corrected chi connectivity index (χ4v) is 2.04. The van der Waals surface area contributed by atoms with E-state index in [0.717, 1.165) is 11.3 Å². The van der Waals surface area contributed by atoms with E-state index in [0.29, 0.717) is 17.9 Å². The summed E-state index contributed by atoms with van der Waals surface area (Å²) in [6, 6.07) is 6.95. The fraction of sp³-hybridized carbons (Fsp3) is 0.200. The largest absolute Gasteiger partial charge is 0.494 e. The third kappa shape index (κ3) is 3.86. The molecule has 1 aromatic heterocycles. The Kier molecular flexibility index (Phi) is 5.04. The number of nitrogens with one attached hydrogen (secondary N) is 1. The summed E-state index contributed by atoms with van der Waals surface area (Å²) in [5, 5.41) is 3.22. The number of hydrogen-bond acceptors (Lipinski definition) is 3. The van der Waals surface area contributed by atoms with Gasteiger partial charge in [0.25, 0.3) is 5.91 Å². The van der Waals surface area contributed by atoms with Crippen LogP contribution in [0.5, 0.6) is 5.75 Å². The molecule has 0 saturated carbocycles. The molecule has 110 valence electrons. The van der Waals surface area contributed by atoms with E-state index in [1.165, 1.54) is 12.3 Å². The summed E-state index contributed by atoms with van der Waals surface area (Å²) in [5.41, 5.74) is 1.95. The molecule has 0 aliphatic carbocycles. The number of hydrogen-bond donors (Lipinski definition) is 1. The van der Waals surface area contributed by atoms with Crippen molar-refractivity contribution in [2.24, 2.45) is 0 Å². The summed E-state index contributed by atoms with van der Waals surface area (Å²) >= 11 is 11.6. The molecule has 0 aliphatic rings. The number of amides is 1. The fourth-order valence-electron chi connectivity index (χ4n) is 1.77. The second-order valence-electron chi connectivity index (χ2n) is 4.36. The van der Waals surface area contributed by atoms with E-state index in [9.17, 15) is 4.79 Å². The van der Waals surface area contributed by atoms with Crippen LogP contribution in [0.3, 0.4) is 0 Å². The van der Waals surface area contributed by atoms with Gasteiger partial charge in [-0.3, -0.25) is 4.79 Å². The van der Waals surface area contributed by atoms with Crippen molar-refractivity contribution in [3.63, 3.8) is 0 Å². The van der Waals surface area contributed by atoms with Gasteiger partial charge in [-0.2, -0.15) is 0 Å². The van der Waals surface area contributed by atoms with Gasteiger partial charge < -0.3 is 10.1 Å². The Morgan fingerprint density at radius 3 is 2.71 bits per heavy atom. The number of halogens is 2. The predicted molar refractivity (Wildman–Crippen MR) is 84.6 cm³/mol. The number of aromatic nitrogens is 1. The van der Waals surface area contributed by atoms with Gasteiger partial charge in [-0.05, 0) is 43.7 Å². The highest BCUT2D eigenvalue weighted by atomic mass is 35.5. The smallest absolute Gasteiger partial charge is 0.257 e. The van der Waals surface area contributed by atoms with Gasteiger partial charge in [0.05, 0.1) is 17.2 Å². The van der Waals surface area contributed by atoms with Crippen molar-refractivity contribution < 1.29 is 9.53 Å². The average molecular weight is 325 g/mol. The van der Waals surface area contributed by atoms with Gasteiger partial charge in [-0.1, -0.05) is 23.2 Å². The number of pyridine rings is 1. The third-order valence-electron chi connectivity index (χ3n) is 2.82. The van der Waals surface area contributed by atoms with Gasteiger partial charge in [0.15, 0.2) is 0 Å². The van der Waals surface area contributed by atoms with Crippen LogP contribution in [-0.2, 0) is 0 Å². The summed E-state index contributed by atoms with van der Waals surface area (Å²) in [6.07, 6.45) is 1.38. The summed E-state index contributed by atoms with van der Waals surface area (Å²) < 4.78 is 5.41. The van der Waals surface area contributed by atoms with E-state index < -0.39 is 0 Å². The van der Waals surface area contributed by atoms with Crippen LogP contribution in [0.1, 0.15) is 22.8 Å². The lowest BCUT2D eigenvalue weighted by Gasteiger charge is -2.11. The van der Waals surface area contributed by atoms with Crippen molar-refractivity contribution in [2.45, 2.75) is 13.8 Å². The van der Waals surface area contributed by atoms with Gasteiger partial charge in [0.2, 0.25) is 0 Å². The maximum absolute atomic E-state index is 12.2. The number of carbonyl (C=O) groups excluding carboxylic acids is 1. The molecule has 0 atom stereocenters. The van der Waals surface area contributed by atoms with Crippen molar-refractivity contribution in [1.29, 1.82) is 0 Å². The second kappa shape index (κ2) is 6.78. The minimum Gasteiger partial charge on any atom is -0.494 e. The molecule has 1 amide bonds. The molecule has 0 bridgehead atoms. The van der Waals surface area contributed by atoms with Gasteiger partial charge in [0, 0.05) is 11.9 Å². The standard InChI is InChI=1S/C15H14Cl2N2O2/c1-3-21-11-4-5-13(9(2)6-11)19-15(20)10-7-12(16)14(17)18-8-10/h4-8H,3H2,1-2H3,(H,19,20). The zero-order valence-electron chi connectivity index (χ0n) is 11.6. The van der Waals surface area contributed by atoms with Gasteiger partial charge in [-0.15, -0.1) is 0 Å². The van der Waals surface area contributed by atoms with Gasteiger partial charge in [0.1, 0.15) is 10.9 Å². The van der Waals surface area contributed by atoms with Crippen LogP contribution in [0.25, 0.3) is 0 Å². The Balaban J connectivity index is 2.17. The molecule has 0 fully saturated rings. The highest BCUT2D eigenvalue weighted by molar-refractivity contribution is 6.41. The zero-order valence-corrected chi connectivity index (χ0v) is 13.1. The quantitative estimate of drug-likeness (QED) is 0.851. The minimum atomic E-state index is -0.298. The van der Waals surface area contributed by atoms with Gasteiger partial charge in [-0.25, -0.2) is 4.98 Å². The molecule has 0 spiro atoms. The Hall–Kier alpha value is -1.78. The molecule has 0 aliphatic heterocycles. The molecule has 1 aromatic carbocycles. The van der Waals surface area contributed by atoms with E-state index in [1.54, 1.807) is 12.1 Å². The third-order valence-corrected chi connectivity index (χ3v) is 3.50. The summed E-state index contributed by atoms with van der Waals surface area (Å²) in [6.45, 7) is 4.41. The molecular formula is C15H14Cl2N2O2. The van der Waals surface area contributed by atoms with E-state index in [4.69, 9.17) is 27.9 Å². The highest BCUT2D eigenvalue weighted by Gasteiger charge is 2.11. The van der Waals surface area contributed by atoms with Crippen LogP contribution < -0.4 is 10.1 Å². The van der Waals surface area contributed by atoms with Crippen LogP contribution in [0, 0.1) is 6.92 Å². The SMILES string of the molecule is CCOc1ccc(NC(=O)c2cnc(Cl)c(Cl)c2)c(C)c1. The van der Waals surface area contributed by atoms with Gasteiger partial charge >= 0.3 is 0 Å². The van der Waals surface area contributed by atoms with E-state index in [-0.39, 0.29) is 16.1 Å². The number of aryl methyl sites for hydroxylation is 1. The van der Waals surface area contributed by atoms with Crippen molar-refractivity contribution >= 4 is 34.8 Å². The number of ether oxygens (including phenoxy) is 1. The van der Waals surface area contributed by atoms with Crippen LogP contribution in [-0.4, -0.2) is 17.5 Å². The number of benzene rings is 1. The molecule has 6 heteroatoms. The Morgan fingerprint density at radius 1 is 1.33 bits per heavy atom.